The summed E-state index contributed by atoms with van der Waals surface area (Å²) in [6.07, 6.45) is 2.82. The van der Waals surface area contributed by atoms with Gasteiger partial charge in [0.25, 0.3) is 0 Å². The first-order chi connectivity index (χ1) is 8.99. The minimum atomic E-state index is 0.0716. The van der Waals surface area contributed by atoms with E-state index < -0.39 is 0 Å². The molecule has 0 bridgehead atoms. The molecule has 0 aromatic carbocycles. The Morgan fingerprint density at radius 1 is 1.42 bits per heavy atom. The summed E-state index contributed by atoms with van der Waals surface area (Å²) in [7, 11) is 7.72. The van der Waals surface area contributed by atoms with E-state index in [1.165, 1.54) is 0 Å². The molecule has 19 heavy (non-hydrogen) atoms. The molecule has 0 saturated carbocycles. The van der Waals surface area contributed by atoms with E-state index in [2.05, 4.69) is 28.8 Å². The summed E-state index contributed by atoms with van der Waals surface area (Å²) in [5.41, 5.74) is 1.12. The van der Waals surface area contributed by atoms with Crippen molar-refractivity contribution in [2.45, 2.75) is 19.0 Å². The van der Waals surface area contributed by atoms with Crippen LogP contribution in [0.15, 0.2) is 12.3 Å². The largest absolute Gasteiger partial charge is 0.331 e. The quantitative estimate of drug-likeness (QED) is 0.814. The van der Waals surface area contributed by atoms with Crippen LogP contribution >= 0.6 is 0 Å². The standard InChI is InChI=1S/C13H23N5O/c1-15(2)8-6-12-10-17(13(19)16(3)4)9-11-5-7-14-18(11)12/h5,7,12H,6,8-10H2,1-4H3. The highest BCUT2D eigenvalue weighted by Crippen LogP contribution is 2.23. The van der Waals surface area contributed by atoms with Crippen LogP contribution < -0.4 is 0 Å². The van der Waals surface area contributed by atoms with Crippen LogP contribution in [0, 0.1) is 0 Å². The Morgan fingerprint density at radius 2 is 2.16 bits per heavy atom. The van der Waals surface area contributed by atoms with Crippen molar-refractivity contribution in [3.05, 3.63) is 18.0 Å². The fourth-order valence-corrected chi connectivity index (χ4v) is 2.44. The normalized spacial score (nSPS) is 18.6. The Morgan fingerprint density at radius 3 is 2.79 bits per heavy atom. The van der Waals surface area contributed by atoms with Gasteiger partial charge in [-0.2, -0.15) is 5.10 Å². The van der Waals surface area contributed by atoms with Crippen molar-refractivity contribution in [1.29, 1.82) is 0 Å². The number of aromatic nitrogens is 2. The minimum Gasteiger partial charge on any atom is -0.331 e. The van der Waals surface area contributed by atoms with Gasteiger partial charge in [-0.25, -0.2) is 4.79 Å². The summed E-state index contributed by atoms with van der Waals surface area (Å²) in [5, 5.41) is 4.40. The smallest absolute Gasteiger partial charge is 0.319 e. The molecule has 1 unspecified atom stereocenters. The Hall–Kier alpha value is -1.56. The van der Waals surface area contributed by atoms with Crippen LogP contribution in [0.25, 0.3) is 0 Å². The van der Waals surface area contributed by atoms with Gasteiger partial charge in [0.15, 0.2) is 0 Å². The Kier molecular flexibility index (Phi) is 4.09. The van der Waals surface area contributed by atoms with Gasteiger partial charge >= 0.3 is 6.03 Å². The number of urea groups is 1. The van der Waals surface area contributed by atoms with Crippen LogP contribution in [0.1, 0.15) is 18.2 Å². The van der Waals surface area contributed by atoms with Crippen LogP contribution in [0.4, 0.5) is 4.79 Å². The van der Waals surface area contributed by atoms with E-state index in [0.29, 0.717) is 6.54 Å². The molecule has 2 amide bonds. The van der Waals surface area contributed by atoms with Crippen LogP contribution in [-0.4, -0.2) is 71.8 Å². The number of rotatable bonds is 3. The first kappa shape index (κ1) is 13.9. The van der Waals surface area contributed by atoms with Gasteiger partial charge in [0.1, 0.15) is 0 Å². The molecule has 0 N–H and O–H groups in total. The Balaban J connectivity index is 2.13. The first-order valence-electron chi connectivity index (χ1n) is 6.62. The highest BCUT2D eigenvalue weighted by atomic mass is 16.2. The molecule has 2 rings (SSSR count). The van der Waals surface area contributed by atoms with Gasteiger partial charge in [0, 0.05) is 26.8 Å². The fourth-order valence-electron chi connectivity index (χ4n) is 2.44. The average Bonchev–Trinajstić information content (AvgIpc) is 2.82. The summed E-state index contributed by atoms with van der Waals surface area (Å²) in [5.74, 6) is 0. The lowest BCUT2D eigenvalue weighted by molar-refractivity contribution is 0.137. The average molecular weight is 265 g/mol. The van der Waals surface area contributed by atoms with Crippen molar-refractivity contribution in [1.82, 2.24) is 24.5 Å². The third-order valence-corrected chi connectivity index (χ3v) is 3.44. The maximum atomic E-state index is 12.1. The summed E-state index contributed by atoms with van der Waals surface area (Å²) in [6, 6.07) is 2.34. The number of hydrogen-bond donors (Lipinski definition) is 0. The molecule has 1 atom stereocenters. The van der Waals surface area contributed by atoms with Crippen molar-refractivity contribution < 1.29 is 4.79 Å². The molecule has 2 heterocycles. The number of carbonyl (C=O) groups excluding carboxylic acids is 1. The summed E-state index contributed by atoms with van der Waals surface area (Å²) in [4.78, 5) is 17.8. The molecule has 0 radical (unpaired) electrons. The SMILES string of the molecule is CN(C)CCC1CN(C(=O)N(C)C)Cc2ccnn21. The minimum absolute atomic E-state index is 0.0716. The lowest BCUT2D eigenvalue weighted by atomic mass is 10.1. The molecule has 106 valence electrons. The molecule has 1 aromatic rings. The van der Waals surface area contributed by atoms with E-state index in [4.69, 9.17) is 0 Å². The van der Waals surface area contributed by atoms with Crippen LogP contribution in [0.2, 0.25) is 0 Å². The number of carbonyl (C=O) groups is 1. The predicted molar refractivity (Wildman–Crippen MR) is 73.9 cm³/mol. The van der Waals surface area contributed by atoms with Gasteiger partial charge in [-0.05, 0) is 33.1 Å². The van der Waals surface area contributed by atoms with E-state index in [-0.39, 0.29) is 12.1 Å². The highest BCUT2D eigenvalue weighted by Gasteiger charge is 2.28. The zero-order chi connectivity index (χ0) is 14.0. The second kappa shape index (κ2) is 5.61. The van der Waals surface area contributed by atoms with Crippen LogP contribution in [0.3, 0.4) is 0 Å². The molecule has 0 aliphatic carbocycles. The van der Waals surface area contributed by atoms with Gasteiger partial charge in [-0.3, -0.25) is 4.68 Å². The van der Waals surface area contributed by atoms with E-state index in [1.807, 2.05) is 17.2 Å². The fraction of sp³-hybridized carbons (Fsp3) is 0.692. The molecule has 1 aromatic heterocycles. The van der Waals surface area contributed by atoms with Gasteiger partial charge < -0.3 is 14.7 Å². The molecular weight excluding hydrogens is 242 g/mol. The molecule has 0 fully saturated rings. The summed E-state index contributed by atoms with van der Waals surface area (Å²) >= 11 is 0. The topological polar surface area (TPSA) is 44.6 Å². The van der Waals surface area contributed by atoms with E-state index in [9.17, 15) is 4.79 Å². The number of hydrogen-bond acceptors (Lipinski definition) is 3. The van der Waals surface area contributed by atoms with E-state index in [0.717, 1.165) is 25.2 Å². The van der Waals surface area contributed by atoms with Crippen molar-refractivity contribution in [3.63, 3.8) is 0 Å². The zero-order valence-corrected chi connectivity index (χ0v) is 12.2. The van der Waals surface area contributed by atoms with E-state index >= 15 is 0 Å². The monoisotopic (exact) mass is 265 g/mol. The Bertz CT molecular complexity index is 440. The maximum absolute atomic E-state index is 12.1. The maximum Gasteiger partial charge on any atom is 0.319 e. The van der Waals surface area contributed by atoms with E-state index in [1.54, 1.807) is 19.0 Å². The molecular formula is C13H23N5O. The number of nitrogens with zero attached hydrogens (tertiary/aromatic N) is 5. The molecule has 6 nitrogen and oxygen atoms in total. The summed E-state index contributed by atoms with van der Waals surface area (Å²) < 4.78 is 2.07. The van der Waals surface area contributed by atoms with Crippen molar-refractivity contribution in [2.24, 2.45) is 0 Å². The lowest BCUT2D eigenvalue weighted by Gasteiger charge is -2.35. The highest BCUT2D eigenvalue weighted by molar-refractivity contribution is 5.74. The molecule has 0 spiro atoms. The summed E-state index contributed by atoms with van der Waals surface area (Å²) in [6.45, 7) is 2.38. The zero-order valence-electron chi connectivity index (χ0n) is 12.2. The van der Waals surface area contributed by atoms with Gasteiger partial charge in [-0.1, -0.05) is 0 Å². The first-order valence-corrected chi connectivity index (χ1v) is 6.62. The Labute approximate surface area is 114 Å². The predicted octanol–water partition coefficient (Wildman–Crippen LogP) is 0.873. The second-order valence-electron chi connectivity index (χ2n) is 5.57. The second-order valence-corrected chi connectivity index (χ2v) is 5.57. The molecule has 1 aliphatic rings. The van der Waals surface area contributed by atoms with Crippen molar-refractivity contribution >= 4 is 6.03 Å². The van der Waals surface area contributed by atoms with Crippen LogP contribution in [-0.2, 0) is 6.54 Å². The lowest BCUT2D eigenvalue weighted by Crippen LogP contribution is -2.46. The van der Waals surface area contributed by atoms with Gasteiger partial charge in [0.05, 0.1) is 18.3 Å². The van der Waals surface area contributed by atoms with Crippen molar-refractivity contribution in [2.75, 3.05) is 41.3 Å². The third-order valence-electron chi connectivity index (χ3n) is 3.44. The molecule has 1 aliphatic heterocycles. The number of amides is 2. The van der Waals surface area contributed by atoms with Crippen LogP contribution in [0.5, 0.6) is 0 Å². The molecule has 6 heteroatoms. The van der Waals surface area contributed by atoms with Gasteiger partial charge in [0.2, 0.25) is 0 Å². The third kappa shape index (κ3) is 3.07. The molecule has 0 saturated heterocycles. The van der Waals surface area contributed by atoms with Gasteiger partial charge in [-0.15, -0.1) is 0 Å². The number of fused-ring (bicyclic) bond motifs is 1. The van der Waals surface area contributed by atoms with Crippen molar-refractivity contribution in [3.8, 4) is 0 Å².